The number of fused-ring (bicyclic) bond motifs is 1. The second-order valence-corrected chi connectivity index (χ2v) is 4.13. The van der Waals surface area contributed by atoms with E-state index in [-0.39, 0.29) is 5.54 Å². The Bertz CT molecular complexity index is 406. The molecule has 0 aliphatic heterocycles. The Morgan fingerprint density at radius 3 is 2.85 bits per heavy atom. The lowest BCUT2D eigenvalue weighted by Crippen LogP contribution is -2.24. The van der Waals surface area contributed by atoms with Crippen LogP contribution in [0.1, 0.15) is 27.2 Å². The fourth-order valence-electron chi connectivity index (χ4n) is 1.62. The van der Waals surface area contributed by atoms with Gasteiger partial charge in [0, 0.05) is 23.3 Å². The molecule has 1 N–H and O–H groups in total. The molecule has 0 amide bonds. The largest absolute Gasteiger partial charge is 0.348 e. The second-order valence-electron chi connectivity index (χ2n) is 4.13. The molecule has 13 heavy (non-hydrogen) atoms. The van der Waals surface area contributed by atoms with Crippen LogP contribution >= 0.6 is 0 Å². The van der Waals surface area contributed by atoms with Crippen molar-refractivity contribution in [2.24, 2.45) is 0 Å². The van der Waals surface area contributed by atoms with Crippen LogP contribution in [0.15, 0.2) is 24.5 Å². The van der Waals surface area contributed by atoms with Gasteiger partial charge >= 0.3 is 0 Å². The molecule has 0 spiro atoms. The molecular formula is C11H16N2. The molecule has 2 heteroatoms. The van der Waals surface area contributed by atoms with Gasteiger partial charge in [-0.15, -0.1) is 0 Å². The van der Waals surface area contributed by atoms with Crippen molar-refractivity contribution in [3.05, 3.63) is 24.5 Å². The summed E-state index contributed by atoms with van der Waals surface area (Å²) in [6.45, 7) is 6.73. The summed E-state index contributed by atoms with van der Waals surface area (Å²) in [6.07, 6.45) is 5.29. The number of H-pyrrole nitrogens is 1. The summed E-state index contributed by atoms with van der Waals surface area (Å²) in [5.41, 5.74) is 1.43. The van der Waals surface area contributed by atoms with Crippen LogP contribution in [0.2, 0.25) is 0 Å². The maximum atomic E-state index is 3.27. The molecule has 0 saturated heterocycles. The molecule has 2 heterocycles. The number of aromatic amines is 1. The SMILES string of the molecule is CCC(C)(C)n1ccc2cc[nH]c21. The molecule has 0 fully saturated rings. The quantitative estimate of drug-likeness (QED) is 0.725. The Hall–Kier alpha value is -1.18. The van der Waals surface area contributed by atoms with Crippen molar-refractivity contribution in [3.63, 3.8) is 0 Å². The highest BCUT2D eigenvalue weighted by atomic mass is 15.1. The van der Waals surface area contributed by atoms with Crippen LogP contribution < -0.4 is 0 Å². The summed E-state index contributed by atoms with van der Waals surface area (Å²) >= 11 is 0. The zero-order valence-electron chi connectivity index (χ0n) is 8.46. The maximum absolute atomic E-state index is 3.27. The molecule has 0 radical (unpaired) electrons. The Kier molecular flexibility index (Phi) is 1.72. The smallest absolute Gasteiger partial charge is 0.117 e. The van der Waals surface area contributed by atoms with Gasteiger partial charge in [-0.1, -0.05) is 6.92 Å². The number of hydrogen-bond donors (Lipinski definition) is 1. The number of hydrogen-bond acceptors (Lipinski definition) is 0. The minimum absolute atomic E-state index is 0.201. The minimum atomic E-state index is 0.201. The van der Waals surface area contributed by atoms with Gasteiger partial charge in [0.15, 0.2) is 0 Å². The van der Waals surface area contributed by atoms with E-state index in [0.29, 0.717) is 0 Å². The average Bonchev–Trinajstić information content (AvgIpc) is 2.62. The fraction of sp³-hybridized carbons (Fsp3) is 0.455. The highest BCUT2D eigenvalue weighted by Crippen LogP contribution is 2.25. The van der Waals surface area contributed by atoms with E-state index in [0.717, 1.165) is 6.42 Å². The molecule has 0 aliphatic rings. The van der Waals surface area contributed by atoms with Gasteiger partial charge < -0.3 is 9.55 Å². The lowest BCUT2D eigenvalue weighted by molar-refractivity contribution is 0.352. The number of nitrogens with one attached hydrogen (secondary N) is 1. The van der Waals surface area contributed by atoms with Gasteiger partial charge in [0.05, 0.1) is 0 Å². The summed E-state index contributed by atoms with van der Waals surface area (Å²) in [6, 6.07) is 4.26. The van der Waals surface area contributed by atoms with Crippen LogP contribution in [0.4, 0.5) is 0 Å². The van der Waals surface area contributed by atoms with Crippen LogP contribution in [0.25, 0.3) is 11.0 Å². The first-order valence-corrected chi connectivity index (χ1v) is 4.80. The van der Waals surface area contributed by atoms with E-state index in [2.05, 4.69) is 48.7 Å². The fourth-order valence-corrected chi connectivity index (χ4v) is 1.62. The number of nitrogens with zero attached hydrogens (tertiary/aromatic N) is 1. The van der Waals surface area contributed by atoms with E-state index in [9.17, 15) is 0 Å². The van der Waals surface area contributed by atoms with Crippen molar-refractivity contribution in [2.75, 3.05) is 0 Å². The van der Waals surface area contributed by atoms with E-state index < -0.39 is 0 Å². The number of aromatic nitrogens is 2. The molecule has 2 aromatic heterocycles. The van der Waals surface area contributed by atoms with E-state index in [4.69, 9.17) is 0 Å². The van der Waals surface area contributed by atoms with E-state index in [1.807, 2.05) is 6.20 Å². The van der Waals surface area contributed by atoms with Gasteiger partial charge in [-0.05, 0) is 32.4 Å². The van der Waals surface area contributed by atoms with Crippen LogP contribution in [-0.4, -0.2) is 9.55 Å². The predicted octanol–water partition coefficient (Wildman–Crippen LogP) is 3.11. The Morgan fingerprint density at radius 1 is 1.38 bits per heavy atom. The molecule has 0 atom stereocenters. The molecule has 2 aromatic rings. The highest BCUT2D eigenvalue weighted by molar-refractivity contribution is 5.77. The third-order valence-electron chi connectivity index (χ3n) is 2.92. The van der Waals surface area contributed by atoms with Crippen molar-refractivity contribution in [1.82, 2.24) is 9.55 Å². The number of rotatable bonds is 2. The molecule has 0 aromatic carbocycles. The Labute approximate surface area is 78.6 Å². The summed E-state index contributed by atoms with van der Waals surface area (Å²) in [4.78, 5) is 3.27. The molecule has 0 saturated carbocycles. The van der Waals surface area contributed by atoms with Gasteiger partial charge in [0.1, 0.15) is 5.65 Å². The zero-order valence-corrected chi connectivity index (χ0v) is 8.46. The van der Waals surface area contributed by atoms with E-state index in [1.54, 1.807) is 0 Å². The predicted molar refractivity (Wildman–Crippen MR) is 55.9 cm³/mol. The molecule has 2 nitrogen and oxygen atoms in total. The first-order chi connectivity index (χ1) is 6.15. The van der Waals surface area contributed by atoms with Crippen molar-refractivity contribution in [2.45, 2.75) is 32.7 Å². The van der Waals surface area contributed by atoms with Gasteiger partial charge in [-0.25, -0.2) is 0 Å². The standard InChI is InChI=1S/C11H16N2/c1-4-11(2,3)13-8-6-9-5-7-12-10(9)13/h5-8,12H,4H2,1-3H3. The zero-order chi connectivity index (χ0) is 9.47. The summed E-state index contributed by atoms with van der Waals surface area (Å²) in [5, 5.41) is 1.29. The highest BCUT2D eigenvalue weighted by Gasteiger charge is 2.18. The molecule has 0 aliphatic carbocycles. The van der Waals surface area contributed by atoms with Gasteiger partial charge in [-0.3, -0.25) is 0 Å². The molecule has 2 rings (SSSR count). The normalized spacial score (nSPS) is 12.5. The Balaban J connectivity index is 2.60. The molecular weight excluding hydrogens is 160 g/mol. The van der Waals surface area contributed by atoms with E-state index >= 15 is 0 Å². The van der Waals surface area contributed by atoms with Crippen molar-refractivity contribution >= 4 is 11.0 Å². The third-order valence-corrected chi connectivity index (χ3v) is 2.92. The lowest BCUT2D eigenvalue weighted by atomic mass is 10.0. The van der Waals surface area contributed by atoms with Crippen LogP contribution in [0.5, 0.6) is 0 Å². The lowest BCUT2D eigenvalue weighted by Gasteiger charge is -2.25. The monoisotopic (exact) mass is 176 g/mol. The van der Waals surface area contributed by atoms with Gasteiger partial charge in [0.25, 0.3) is 0 Å². The molecule has 70 valence electrons. The van der Waals surface area contributed by atoms with Crippen molar-refractivity contribution in [3.8, 4) is 0 Å². The van der Waals surface area contributed by atoms with Crippen LogP contribution in [-0.2, 0) is 5.54 Å². The molecule has 0 bridgehead atoms. The molecule has 0 unspecified atom stereocenters. The average molecular weight is 176 g/mol. The van der Waals surface area contributed by atoms with Gasteiger partial charge in [-0.2, -0.15) is 0 Å². The summed E-state index contributed by atoms with van der Waals surface area (Å²) in [5.74, 6) is 0. The minimum Gasteiger partial charge on any atom is -0.348 e. The second kappa shape index (κ2) is 2.66. The summed E-state index contributed by atoms with van der Waals surface area (Å²) in [7, 11) is 0. The third kappa shape index (κ3) is 1.17. The first kappa shape index (κ1) is 8.42. The first-order valence-electron chi connectivity index (χ1n) is 4.80. The maximum Gasteiger partial charge on any atom is 0.117 e. The topological polar surface area (TPSA) is 20.7 Å². The van der Waals surface area contributed by atoms with Gasteiger partial charge in [0.2, 0.25) is 0 Å². The van der Waals surface area contributed by atoms with Crippen LogP contribution in [0.3, 0.4) is 0 Å². The van der Waals surface area contributed by atoms with Crippen molar-refractivity contribution < 1.29 is 0 Å². The van der Waals surface area contributed by atoms with Crippen molar-refractivity contribution in [1.29, 1.82) is 0 Å². The van der Waals surface area contributed by atoms with E-state index in [1.165, 1.54) is 11.0 Å². The Morgan fingerprint density at radius 2 is 2.15 bits per heavy atom. The van der Waals surface area contributed by atoms with Crippen LogP contribution in [0, 0.1) is 0 Å². The summed E-state index contributed by atoms with van der Waals surface area (Å²) < 4.78 is 2.31.